The first kappa shape index (κ1) is 16.8. The average Bonchev–Trinajstić information content (AvgIpc) is 2.37. The summed E-state index contributed by atoms with van der Waals surface area (Å²) in [5.41, 5.74) is 1.02. The van der Waals surface area contributed by atoms with Crippen LogP contribution in [0.5, 0.6) is 0 Å². The van der Waals surface area contributed by atoms with E-state index in [1.807, 2.05) is 0 Å². The quantitative estimate of drug-likeness (QED) is 0.404. The largest absolute Gasteiger partial charge is 0.463 e. The Bertz CT molecular complexity index is 450. The number of carbonyl (C=O) groups excluding carboxylic acids is 1. The van der Waals surface area contributed by atoms with Crippen LogP contribution in [0.2, 0.25) is 24.2 Å². The monoisotopic (exact) mass is 308 g/mol. The van der Waals surface area contributed by atoms with Crippen molar-refractivity contribution in [1.82, 2.24) is 0 Å². The second kappa shape index (κ2) is 5.26. The molecule has 21 heavy (non-hydrogen) atoms. The van der Waals surface area contributed by atoms with Crippen LogP contribution in [0.15, 0.2) is 12.2 Å². The molecule has 3 aliphatic carbocycles. The van der Waals surface area contributed by atoms with Gasteiger partial charge in [-0.2, -0.15) is 0 Å². The summed E-state index contributed by atoms with van der Waals surface area (Å²) in [5.74, 6) is 1.57. The lowest BCUT2D eigenvalue weighted by Gasteiger charge is -2.68. The molecule has 3 saturated carbocycles. The maximum Gasteiger partial charge on any atom is 0.333 e. The molecule has 2 bridgehead atoms. The van der Waals surface area contributed by atoms with E-state index in [1.165, 1.54) is 19.3 Å². The SMILES string of the molecule is C=C(C)C(=O)OCC[Si](C)(C)C1(C)CCC2CC1C2(C)C. The summed E-state index contributed by atoms with van der Waals surface area (Å²) < 4.78 is 5.37. The molecule has 0 heterocycles. The maximum absolute atomic E-state index is 11.6. The van der Waals surface area contributed by atoms with Crippen molar-refractivity contribution in [2.24, 2.45) is 17.3 Å². The zero-order valence-corrected chi connectivity index (χ0v) is 15.7. The lowest BCUT2D eigenvalue weighted by atomic mass is 9.45. The molecule has 0 N–H and O–H groups in total. The molecule has 0 aromatic carbocycles. The Hall–Kier alpha value is -0.573. The van der Waals surface area contributed by atoms with E-state index in [4.69, 9.17) is 4.74 Å². The van der Waals surface area contributed by atoms with Crippen molar-refractivity contribution in [1.29, 1.82) is 0 Å². The lowest BCUT2D eigenvalue weighted by Crippen LogP contribution is -2.61. The van der Waals surface area contributed by atoms with Crippen molar-refractivity contribution in [3.63, 3.8) is 0 Å². The molecule has 0 radical (unpaired) electrons. The van der Waals surface area contributed by atoms with E-state index in [9.17, 15) is 4.79 Å². The van der Waals surface area contributed by atoms with Gasteiger partial charge in [0.05, 0.1) is 14.7 Å². The minimum absolute atomic E-state index is 0.238. The number of hydrogen-bond acceptors (Lipinski definition) is 2. The molecule has 3 unspecified atom stereocenters. The summed E-state index contributed by atoms with van der Waals surface area (Å²) in [6.07, 6.45) is 4.19. The Morgan fingerprint density at radius 1 is 1.33 bits per heavy atom. The third kappa shape index (κ3) is 2.62. The highest BCUT2D eigenvalue weighted by atomic mass is 28.3. The molecular weight excluding hydrogens is 276 g/mol. The Morgan fingerprint density at radius 2 is 1.95 bits per heavy atom. The van der Waals surface area contributed by atoms with Gasteiger partial charge < -0.3 is 4.74 Å². The fraction of sp³-hybridized carbons (Fsp3) is 0.833. The van der Waals surface area contributed by atoms with Crippen LogP contribution in [0.1, 0.15) is 47.0 Å². The number of esters is 1. The van der Waals surface area contributed by atoms with Crippen molar-refractivity contribution in [2.45, 2.75) is 71.1 Å². The van der Waals surface area contributed by atoms with E-state index >= 15 is 0 Å². The van der Waals surface area contributed by atoms with Crippen LogP contribution in [-0.2, 0) is 9.53 Å². The number of ether oxygens (including phenoxy) is 1. The van der Waals surface area contributed by atoms with Crippen LogP contribution in [0, 0.1) is 17.3 Å². The molecule has 0 aliphatic heterocycles. The molecule has 3 fully saturated rings. The Balaban J connectivity index is 2.01. The van der Waals surface area contributed by atoms with Crippen molar-refractivity contribution in [3.8, 4) is 0 Å². The van der Waals surface area contributed by atoms with E-state index in [0.29, 0.717) is 22.6 Å². The van der Waals surface area contributed by atoms with Crippen LogP contribution in [0.3, 0.4) is 0 Å². The van der Waals surface area contributed by atoms with Gasteiger partial charge in [0.15, 0.2) is 0 Å². The molecule has 0 saturated heterocycles. The summed E-state index contributed by atoms with van der Waals surface area (Å²) >= 11 is 0. The van der Waals surface area contributed by atoms with Gasteiger partial charge >= 0.3 is 5.97 Å². The second-order valence-corrected chi connectivity index (χ2v) is 14.2. The van der Waals surface area contributed by atoms with Crippen LogP contribution in [-0.4, -0.2) is 20.7 Å². The minimum Gasteiger partial charge on any atom is -0.463 e. The van der Waals surface area contributed by atoms with Gasteiger partial charge in [0, 0.05) is 5.57 Å². The summed E-state index contributed by atoms with van der Waals surface area (Å²) in [7, 11) is -1.45. The Morgan fingerprint density at radius 3 is 2.43 bits per heavy atom. The highest BCUT2D eigenvalue weighted by Gasteiger charge is 2.63. The highest BCUT2D eigenvalue weighted by molar-refractivity contribution is 6.80. The van der Waals surface area contributed by atoms with Gasteiger partial charge in [0.1, 0.15) is 0 Å². The van der Waals surface area contributed by atoms with Crippen LogP contribution in [0.25, 0.3) is 0 Å². The number of hydrogen-bond donors (Lipinski definition) is 0. The van der Waals surface area contributed by atoms with Crippen molar-refractivity contribution >= 4 is 14.0 Å². The van der Waals surface area contributed by atoms with Gasteiger partial charge in [-0.3, -0.25) is 0 Å². The fourth-order valence-electron chi connectivity index (χ4n) is 4.85. The number of fused-ring (bicyclic) bond motifs is 2. The van der Waals surface area contributed by atoms with Gasteiger partial charge in [0.25, 0.3) is 0 Å². The zero-order valence-electron chi connectivity index (χ0n) is 14.7. The smallest absolute Gasteiger partial charge is 0.333 e. The standard InChI is InChI=1S/C18H32O2Si/c1-13(2)16(19)20-10-11-21(6,7)18(5)9-8-14-12-15(18)17(14,3)4/h14-15H,1,8-12H2,2-7H3. The molecule has 3 atom stereocenters. The van der Waals surface area contributed by atoms with Gasteiger partial charge in [-0.25, -0.2) is 4.79 Å². The number of rotatable bonds is 5. The maximum atomic E-state index is 11.6. The van der Waals surface area contributed by atoms with E-state index in [0.717, 1.165) is 17.9 Å². The third-order valence-electron chi connectivity index (χ3n) is 7.11. The molecule has 3 rings (SSSR count). The lowest BCUT2D eigenvalue weighted by molar-refractivity contribution is -0.138. The first-order chi connectivity index (χ1) is 9.52. The Labute approximate surface area is 131 Å². The predicted octanol–water partition coefficient (Wildman–Crippen LogP) is 5.03. The first-order valence-corrected chi connectivity index (χ1v) is 11.6. The van der Waals surface area contributed by atoms with Crippen molar-refractivity contribution in [2.75, 3.05) is 6.61 Å². The molecule has 3 aliphatic rings. The van der Waals surface area contributed by atoms with Gasteiger partial charge in [-0.1, -0.05) is 40.4 Å². The second-order valence-electron chi connectivity index (χ2n) is 8.81. The molecule has 0 amide bonds. The third-order valence-corrected chi connectivity index (χ3v) is 12.3. The first-order valence-electron chi connectivity index (χ1n) is 8.35. The van der Waals surface area contributed by atoms with E-state index in [2.05, 4.69) is 40.4 Å². The molecular formula is C18H32O2Si. The molecule has 2 nitrogen and oxygen atoms in total. The predicted molar refractivity (Wildman–Crippen MR) is 91.0 cm³/mol. The normalized spacial score (nSPS) is 34.0. The summed E-state index contributed by atoms with van der Waals surface area (Å²) in [5, 5.41) is 0.487. The van der Waals surface area contributed by atoms with Crippen LogP contribution >= 0.6 is 0 Å². The van der Waals surface area contributed by atoms with Gasteiger partial charge in [-0.15, -0.1) is 0 Å². The van der Waals surface area contributed by atoms with Crippen LogP contribution < -0.4 is 0 Å². The average molecular weight is 309 g/mol. The summed E-state index contributed by atoms with van der Waals surface area (Å²) in [4.78, 5) is 11.6. The molecule has 120 valence electrons. The Kier molecular flexibility index (Phi) is 4.20. The van der Waals surface area contributed by atoms with E-state index < -0.39 is 8.07 Å². The van der Waals surface area contributed by atoms with Gasteiger partial charge in [0.2, 0.25) is 0 Å². The van der Waals surface area contributed by atoms with Crippen LogP contribution in [0.4, 0.5) is 0 Å². The van der Waals surface area contributed by atoms with Crippen molar-refractivity contribution in [3.05, 3.63) is 12.2 Å². The molecule has 0 aromatic rings. The number of carbonyl (C=O) groups is 1. The van der Waals surface area contributed by atoms with E-state index in [1.54, 1.807) is 6.92 Å². The highest BCUT2D eigenvalue weighted by Crippen LogP contribution is 2.72. The van der Waals surface area contributed by atoms with Crippen molar-refractivity contribution < 1.29 is 9.53 Å². The molecule has 0 spiro atoms. The summed E-state index contributed by atoms with van der Waals surface area (Å²) in [6, 6.07) is 1.07. The van der Waals surface area contributed by atoms with Gasteiger partial charge in [-0.05, 0) is 54.5 Å². The minimum atomic E-state index is -1.45. The zero-order chi connectivity index (χ0) is 16.1. The van der Waals surface area contributed by atoms with E-state index in [-0.39, 0.29) is 5.97 Å². The topological polar surface area (TPSA) is 26.3 Å². The summed E-state index contributed by atoms with van der Waals surface area (Å²) in [6.45, 7) is 18.4. The fourth-order valence-corrected chi connectivity index (χ4v) is 8.29. The molecule has 0 aromatic heterocycles. The molecule has 3 heteroatoms.